The lowest BCUT2D eigenvalue weighted by molar-refractivity contribution is 0.228. The Morgan fingerprint density at radius 3 is 2.38 bits per heavy atom. The lowest BCUT2D eigenvalue weighted by atomic mass is 10.2. The SMILES string of the molecule is CO[Si](Cl)(Cl)OCc1ccccc1. The zero-order chi connectivity index (χ0) is 9.73. The second kappa shape index (κ2) is 4.98. The molecule has 5 heteroatoms. The van der Waals surface area contributed by atoms with Gasteiger partial charge in [0.25, 0.3) is 0 Å². The molecule has 2 nitrogen and oxygen atoms in total. The Labute approximate surface area is 88.0 Å². The van der Waals surface area contributed by atoms with Gasteiger partial charge in [0.2, 0.25) is 0 Å². The summed E-state index contributed by atoms with van der Waals surface area (Å²) in [6.07, 6.45) is 0. The number of rotatable bonds is 4. The average molecular weight is 237 g/mol. The van der Waals surface area contributed by atoms with E-state index in [1.54, 1.807) is 0 Å². The van der Waals surface area contributed by atoms with Crippen molar-refractivity contribution in [1.82, 2.24) is 0 Å². The maximum atomic E-state index is 5.73. The first-order chi connectivity index (χ1) is 6.14. The summed E-state index contributed by atoms with van der Waals surface area (Å²) in [7, 11) is -1.47. The van der Waals surface area contributed by atoms with E-state index in [1.165, 1.54) is 7.11 Å². The topological polar surface area (TPSA) is 18.5 Å². The molecule has 0 fully saturated rings. The van der Waals surface area contributed by atoms with Crippen molar-refractivity contribution in [2.45, 2.75) is 6.61 Å². The molecule has 0 aliphatic carbocycles. The molecule has 0 radical (unpaired) electrons. The van der Waals surface area contributed by atoms with Crippen LogP contribution < -0.4 is 0 Å². The van der Waals surface area contributed by atoms with E-state index < -0.39 is 7.18 Å². The molecule has 1 aromatic rings. The molecule has 0 amide bonds. The van der Waals surface area contributed by atoms with Crippen molar-refractivity contribution in [3.8, 4) is 0 Å². The van der Waals surface area contributed by atoms with Crippen LogP contribution in [0.3, 0.4) is 0 Å². The number of halogens is 2. The van der Waals surface area contributed by atoms with Gasteiger partial charge >= 0.3 is 7.18 Å². The molecule has 0 aromatic heterocycles. The molecule has 1 aromatic carbocycles. The van der Waals surface area contributed by atoms with Crippen LogP contribution in [0.5, 0.6) is 0 Å². The zero-order valence-electron chi connectivity index (χ0n) is 7.17. The molecule has 0 saturated heterocycles. The van der Waals surface area contributed by atoms with E-state index in [-0.39, 0.29) is 0 Å². The molecular formula is C8H10Cl2O2Si. The van der Waals surface area contributed by atoms with Crippen molar-refractivity contribution < 1.29 is 8.85 Å². The van der Waals surface area contributed by atoms with Crippen LogP contribution >= 0.6 is 22.2 Å². The van der Waals surface area contributed by atoms with Crippen LogP contribution in [0.25, 0.3) is 0 Å². The fourth-order valence-corrected chi connectivity index (χ4v) is 1.58. The summed E-state index contributed by atoms with van der Waals surface area (Å²) in [6.45, 7) is 0.383. The molecule has 0 heterocycles. The molecule has 0 spiro atoms. The maximum Gasteiger partial charge on any atom is 0.551 e. The van der Waals surface area contributed by atoms with Gasteiger partial charge in [-0.1, -0.05) is 52.5 Å². The standard InChI is InChI=1S/C8H10Cl2O2Si/c1-11-13(9,10)12-7-8-5-3-2-4-6-8/h2-6H,7H2,1H3. The van der Waals surface area contributed by atoms with E-state index in [1.807, 2.05) is 30.3 Å². The highest BCUT2D eigenvalue weighted by Crippen LogP contribution is 2.18. The maximum absolute atomic E-state index is 5.73. The Morgan fingerprint density at radius 1 is 1.23 bits per heavy atom. The first-order valence-electron chi connectivity index (χ1n) is 3.75. The van der Waals surface area contributed by atoms with Crippen molar-refractivity contribution in [2.24, 2.45) is 0 Å². The summed E-state index contributed by atoms with van der Waals surface area (Å²) in [4.78, 5) is 0. The van der Waals surface area contributed by atoms with E-state index >= 15 is 0 Å². The van der Waals surface area contributed by atoms with Crippen molar-refractivity contribution >= 4 is 29.3 Å². The molecule has 1 rings (SSSR count). The third-order valence-electron chi connectivity index (χ3n) is 1.49. The predicted molar refractivity (Wildman–Crippen MR) is 55.7 cm³/mol. The molecule has 13 heavy (non-hydrogen) atoms. The van der Waals surface area contributed by atoms with Crippen molar-refractivity contribution in [2.75, 3.05) is 7.11 Å². The van der Waals surface area contributed by atoms with Gasteiger partial charge < -0.3 is 8.85 Å². The highest BCUT2D eigenvalue weighted by molar-refractivity contribution is 7.39. The van der Waals surface area contributed by atoms with E-state index in [2.05, 4.69) is 0 Å². The minimum atomic E-state index is -2.92. The smallest absolute Gasteiger partial charge is 0.375 e. The zero-order valence-corrected chi connectivity index (χ0v) is 9.68. The number of hydrogen-bond acceptors (Lipinski definition) is 2. The van der Waals surface area contributed by atoms with Gasteiger partial charge in [-0.3, -0.25) is 0 Å². The van der Waals surface area contributed by atoms with Gasteiger partial charge in [-0.2, -0.15) is 0 Å². The van der Waals surface area contributed by atoms with Gasteiger partial charge in [0.15, 0.2) is 0 Å². The Hall–Kier alpha value is -0.0631. The Bertz CT molecular complexity index is 254. The molecule has 72 valence electrons. The first-order valence-corrected chi connectivity index (χ1v) is 7.59. The third-order valence-corrected chi connectivity index (χ3v) is 4.02. The third kappa shape index (κ3) is 4.11. The van der Waals surface area contributed by atoms with Crippen LogP contribution in [0.4, 0.5) is 0 Å². The fraction of sp³-hybridized carbons (Fsp3) is 0.250. The van der Waals surface area contributed by atoms with E-state index in [0.717, 1.165) is 5.56 Å². The van der Waals surface area contributed by atoms with Crippen LogP contribution in [-0.2, 0) is 15.5 Å². The molecule has 0 unspecified atom stereocenters. The Morgan fingerprint density at radius 2 is 1.85 bits per heavy atom. The molecule has 0 aliphatic heterocycles. The largest absolute Gasteiger partial charge is 0.551 e. The van der Waals surface area contributed by atoms with Crippen LogP contribution in [0, 0.1) is 0 Å². The molecule has 0 saturated carbocycles. The van der Waals surface area contributed by atoms with Crippen LogP contribution in [0.1, 0.15) is 5.56 Å². The van der Waals surface area contributed by atoms with Crippen molar-refractivity contribution in [3.05, 3.63) is 35.9 Å². The van der Waals surface area contributed by atoms with Gasteiger partial charge in [-0.15, -0.1) is 0 Å². The Balaban J connectivity index is 2.44. The first kappa shape index (κ1) is 11.0. The lowest BCUT2D eigenvalue weighted by Crippen LogP contribution is -2.27. The van der Waals surface area contributed by atoms with Gasteiger partial charge in [0, 0.05) is 7.11 Å². The quantitative estimate of drug-likeness (QED) is 0.592. The average Bonchev–Trinajstić information content (AvgIpc) is 2.17. The van der Waals surface area contributed by atoms with E-state index in [4.69, 9.17) is 31.0 Å². The van der Waals surface area contributed by atoms with Crippen LogP contribution in [0.2, 0.25) is 0 Å². The molecule has 0 aliphatic rings. The summed E-state index contributed by atoms with van der Waals surface area (Å²) < 4.78 is 10.0. The monoisotopic (exact) mass is 236 g/mol. The minimum absolute atomic E-state index is 0.383. The summed E-state index contributed by atoms with van der Waals surface area (Å²) in [6, 6.07) is 9.67. The highest BCUT2D eigenvalue weighted by Gasteiger charge is 2.32. The van der Waals surface area contributed by atoms with Gasteiger partial charge in [-0.25, -0.2) is 0 Å². The summed E-state index contributed by atoms with van der Waals surface area (Å²) in [5.74, 6) is 0. The number of benzene rings is 1. The van der Waals surface area contributed by atoms with Crippen LogP contribution in [-0.4, -0.2) is 14.3 Å². The molecule has 0 bridgehead atoms. The number of hydrogen-bond donors (Lipinski definition) is 0. The molecule has 0 atom stereocenters. The molecule has 0 N–H and O–H groups in total. The minimum Gasteiger partial charge on any atom is -0.375 e. The predicted octanol–water partition coefficient (Wildman–Crippen LogP) is 2.76. The van der Waals surface area contributed by atoms with Gasteiger partial charge in [-0.05, 0) is 5.56 Å². The van der Waals surface area contributed by atoms with Crippen molar-refractivity contribution in [1.29, 1.82) is 0 Å². The summed E-state index contributed by atoms with van der Waals surface area (Å²) in [5.41, 5.74) is 1.03. The van der Waals surface area contributed by atoms with Gasteiger partial charge in [0.1, 0.15) is 0 Å². The van der Waals surface area contributed by atoms with Gasteiger partial charge in [0.05, 0.1) is 6.61 Å². The lowest BCUT2D eigenvalue weighted by Gasteiger charge is -2.13. The van der Waals surface area contributed by atoms with E-state index in [9.17, 15) is 0 Å². The summed E-state index contributed by atoms with van der Waals surface area (Å²) in [5, 5.41) is 0. The van der Waals surface area contributed by atoms with E-state index in [0.29, 0.717) is 6.61 Å². The molecular weight excluding hydrogens is 227 g/mol. The summed E-state index contributed by atoms with van der Waals surface area (Å²) >= 11 is 11.5. The normalized spacial score (nSPS) is 11.6. The van der Waals surface area contributed by atoms with Crippen molar-refractivity contribution in [3.63, 3.8) is 0 Å². The second-order valence-corrected chi connectivity index (χ2v) is 7.63. The Kier molecular flexibility index (Phi) is 4.22. The van der Waals surface area contributed by atoms with Crippen LogP contribution in [0.15, 0.2) is 30.3 Å². The second-order valence-electron chi connectivity index (χ2n) is 2.44. The highest BCUT2D eigenvalue weighted by atomic mass is 35.7. The fourth-order valence-electron chi connectivity index (χ4n) is 0.801.